The highest BCUT2D eigenvalue weighted by Crippen LogP contribution is 2.34. The molecule has 5 aromatic rings. The zero-order valence-electron chi connectivity index (χ0n) is 17.9. The number of nitrogens with one attached hydrogen (secondary N) is 1. The summed E-state index contributed by atoms with van der Waals surface area (Å²) >= 11 is 2.37. The van der Waals surface area contributed by atoms with Crippen molar-refractivity contribution in [2.45, 2.75) is 13.1 Å². The first-order valence-corrected chi connectivity index (χ1v) is 11.8. The van der Waals surface area contributed by atoms with Crippen LogP contribution in [0.3, 0.4) is 0 Å². The summed E-state index contributed by atoms with van der Waals surface area (Å²) in [4.78, 5) is 18.3. The van der Waals surface area contributed by atoms with Gasteiger partial charge < -0.3 is 0 Å². The van der Waals surface area contributed by atoms with Gasteiger partial charge in [-0.15, -0.1) is 21.6 Å². The maximum absolute atomic E-state index is 12.8. The van der Waals surface area contributed by atoms with Crippen LogP contribution in [0.25, 0.3) is 15.9 Å². The van der Waals surface area contributed by atoms with Gasteiger partial charge in [0.15, 0.2) is 10.1 Å². The molecule has 0 saturated heterocycles. The quantitative estimate of drug-likeness (QED) is 0.247. The molecule has 0 aliphatic carbocycles. The lowest BCUT2D eigenvalue weighted by Crippen LogP contribution is -2.09. The fraction of sp³-hybridized carbons (Fsp3) is 0.0870. The van der Waals surface area contributed by atoms with Gasteiger partial charge in [-0.25, -0.2) is 9.67 Å². The summed E-state index contributed by atoms with van der Waals surface area (Å²) in [5, 5.41) is 16.6. The molecule has 0 spiro atoms. The van der Waals surface area contributed by atoms with Gasteiger partial charge in [0.05, 0.1) is 33.7 Å². The first-order valence-electron chi connectivity index (χ1n) is 10.2. The molecule has 0 bridgehead atoms. The Bertz CT molecular complexity index is 1550. The smallest absolute Gasteiger partial charge is 0.297 e. The number of carbonyl (C=O) groups is 1. The van der Waals surface area contributed by atoms with E-state index in [-0.39, 0.29) is 11.6 Å². The van der Waals surface area contributed by atoms with Crippen LogP contribution in [-0.4, -0.2) is 20.7 Å². The van der Waals surface area contributed by atoms with Crippen LogP contribution in [0.2, 0.25) is 0 Å². The number of amides is 1. The number of benzene rings is 2. The van der Waals surface area contributed by atoms with Gasteiger partial charge in [-0.05, 0) is 43.3 Å². The average Bonchev–Trinajstić information content (AvgIpc) is 3.55. The Morgan fingerprint density at radius 2 is 1.83 bits per heavy atom. The topological polar surface area (TPSA) is 84.5 Å². The fourth-order valence-electron chi connectivity index (χ4n) is 3.28. The Balaban J connectivity index is 1.32. The van der Waals surface area contributed by atoms with E-state index in [4.69, 9.17) is 0 Å². The zero-order chi connectivity index (χ0) is 24.6. The van der Waals surface area contributed by atoms with Gasteiger partial charge in [-0.3, -0.25) is 10.1 Å². The third-order valence-corrected chi connectivity index (χ3v) is 6.83. The zero-order valence-corrected chi connectivity index (χ0v) is 19.6. The lowest BCUT2D eigenvalue weighted by molar-refractivity contribution is -0.137. The van der Waals surface area contributed by atoms with Gasteiger partial charge in [0.2, 0.25) is 0 Å². The van der Waals surface area contributed by atoms with E-state index in [2.05, 4.69) is 25.6 Å². The minimum atomic E-state index is -4.46. The minimum Gasteiger partial charge on any atom is -0.297 e. The third kappa shape index (κ3) is 4.84. The molecule has 0 saturated carbocycles. The number of azo groups is 1. The molecule has 176 valence electrons. The lowest BCUT2D eigenvalue weighted by atomic mass is 10.2. The number of nitrogens with zero attached hydrogens (tertiary/aromatic N) is 5. The number of halogens is 3. The van der Waals surface area contributed by atoms with Gasteiger partial charge in [0.1, 0.15) is 4.83 Å². The van der Waals surface area contributed by atoms with Gasteiger partial charge in [-0.1, -0.05) is 35.6 Å². The van der Waals surface area contributed by atoms with Crippen molar-refractivity contribution in [3.8, 4) is 5.69 Å². The molecule has 5 rings (SSSR count). The van der Waals surface area contributed by atoms with E-state index in [1.165, 1.54) is 29.7 Å². The molecule has 0 aliphatic rings. The summed E-state index contributed by atoms with van der Waals surface area (Å²) in [6.07, 6.45) is -3.07. The van der Waals surface area contributed by atoms with Crippen molar-refractivity contribution in [3.63, 3.8) is 0 Å². The maximum Gasteiger partial charge on any atom is 0.416 e. The molecule has 35 heavy (non-hydrogen) atoms. The molecule has 0 atom stereocenters. The van der Waals surface area contributed by atoms with Crippen molar-refractivity contribution >= 4 is 54.6 Å². The van der Waals surface area contributed by atoms with E-state index in [9.17, 15) is 18.0 Å². The maximum atomic E-state index is 12.8. The van der Waals surface area contributed by atoms with Crippen molar-refractivity contribution in [1.29, 1.82) is 0 Å². The van der Waals surface area contributed by atoms with Crippen LogP contribution in [0.1, 0.15) is 20.9 Å². The molecule has 1 amide bonds. The number of anilines is 1. The predicted molar refractivity (Wildman–Crippen MR) is 129 cm³/mol. The Morgan fingerprint density at radius 1 is 1.03 bits per heavy atom. The summed E-state index contributed by atoms with van der Waals surface area (Å²) in [6, 6.07) is 16.0. The molecule has 7 nitrogen and oxygen atoms in total. The molecule has 0 fully saturated rings. The Kier molecular flexibility index (Phi) is 5.91. The first-order chi connectivity index (χ1) is 16.8. The normalized spacial score (nSPS) is 12.0. The lowest BCUT2D eigenvalue weighted by Gasteiger charge is -2.05. The van der Waals surface area contributed by atoms with Crippen LogP contribution in [0.15, 0.2) is 77.1 Å². The van der Waals surface area contributed by atoms with Crippen molar-refractivity contribution in [2.24, 2.45) is 10.2 Å². The molecule has 3 aromatic heterocycles. The molecule has 0 aliphatic heterocycles. The number of thiophene rings is 1. The second-order valence-electron chi connectivity index (χ2n) is 7.37. The van der Waals surface area contributed by atoms with Crippen LogP contribution in [0.4, 0.5) is 29.0 Å². The number of carbonyl (C=O) groups excluding carboxylic acids is 1. The van der Waals surface area contributed by atoms with Crippen molar-refractivity contribution in [3.05, 3.63) is 83.0 Å². The molecular formula is C23H15F3N6OS2. The second kappa shape index (κ2) is 9.04. The molecular weight excluding hydrogens is 497 g/mol. The highest BCUT2D eigenvalue weighted by atomic mass is 32.1. The minimum absolute atomic E-state index is 0.0620. The highest BCUT2D eigenvalue weighted by Gasteiger charge is 2.30. The summed E-state index contributed by atoms with van der Waals surface area (Å²) in [6.45, 7) is 1.89. The summed E-state index contributed by atoms with van der Waals surface area (Å²) < 4.78 is 40.4. The number of alkyl halides is 3. The highest BCUT2D eigenvalue weighted by molar-refractivity contribution is 7.21. The molecule has 12 heteroatoms. The van der Waals surface area contributed by atoms with E-state index in [1.54, 1.807) is 6.07 Å². The Labute approximate surface area is 204 Å². The summed E-state index contributed by atoms with van der Waals surface area (Å²) in [5.74, 6) is -0.332. The average molecular weight is 513 g/mol. The molecule has 1 N–H and O–H groups in total. The summed E-state index contributed by atoms with van der Waals surface area (Å²) in [5.41, 5.74) is 0.966. The van der Waals surface area contributed by atoms with Gasteiger partial charge in [-0.2, -0.15) is 18.3 Å². The molecule has 3 heterocycles. The van der Waals surface area contributed by atoms with Gasteiger partial charge in [0, 0.05) is 5.39 Å². The molecule has 2 aromatic carbocycles. The fourth-order valence-corrected chi connectivity index (χ4v) is 5.00. The van der Waals surface area contributed by atoms with Crippen LogP contribution in [-0.2, 0) is 6.18 Å². The number of para-hydroxylation sites is 1. The Hall–Kier alpha value is -3.90. The SMILES string of the molecule is Cc1nn(-c2ccccc2)c2sc(C(=O)Nc3ncc(N=Nc4cccc(C(F)(F)F)c4)s3)cc12. The largest absolute Gasteiger partial charge is 0.416 e. The van der Waals surface area contributed by atoms with E-state index >= 15 is 0 Å². The second-order valence-corrected chi connectivity index (χ2v) is 9.41. The van der Waals surface area contributed by atoms with Crippen molar-refractivity contribution < 1.29 is 18.0 Å². The predicted octanol–water partition coefficient (Wildman–Crippen LogP) is 7.54. The van der Waals surface area contributed by atoms with Crippen LogP contribution in [0.5, 0.6) is 0 Å². The van der Waals surface area contributed by atoms with Crippen LogP contribution in [0, 0.1) is 6.92 Å². The van der Waals surface area contributed by atoms with E-state index in [0.717, 1.165) is 45.1 Å². The summed E-state index contributed by atoms with van der Waals surface area (Å²) in [7, 11) is 0. The van der Waals surface area contributed by atoms with Gasteiger partial charge >= 0.3 is 6.18 Å². The standard InChI is InChI=1S/C23H15F3N6OS2/c1-13-17-11-18(34-21(17)32(31-13)16-8-3-2-4-9-16)20(33)28-22-27-12-19(35-22)30-29-15-7-5-6-14(10-15)23(24,25)26/h2-12H,1H3,(H,27,28,33). The first kappa shape index (κ1) is 22.9. The Morgan fingerprint density at radius 3 is 2.60 bits per heavy atom. The monoisotopic (exact) mass is 512 g/mol. The number of aromatic nitrogens is 3. The van der Waals surface area contributed by atoms with Gasteiger partial charge in [0.25, 0.3) is 5.91 Å². The van der Waals surface area contributed by atoms with Crippen molar-refractivity contribution in [2.75, 3.05) is 5.32 Å². The van der Waals surface area contributed by atoms with E-state index < -0.39 is 11.7 Å². The molecule has 0 unspecified atom stereocenters. The van der Waals surface area contributed by atoms with E-state index in [1.807, 2.05) is 41.9 Å². The van der Waals surface area contributed by atoms with E-state index in [0.29, 0.717) is 15.0 Å². The van der Waals surface area contributed by atoms with Crippen LogP contribution < -0.4 is 5.32 Å². The molecule has 0 radical (unpaired) electrons. The van der Waals surface area contributed by atoms with Crippen molar-refractivity contribution in [1.82, 2.24) is 14.8 Å². The number of aryl methyl sites for hydroxylation is 1. The third-order valence-electron chi connectivity index (χ3n) is 4.92. The van der Waals surface area contributed by atoms with Crippen LogP contribution >= 0.6 is 22.7 Å². The number of thiazole rings is 1. The number of hydrogen-bond acceptors (Lipinski definition) is 7. The number of hydrogen-bond donors (Lipinski definition) is 1. The number of fused-ring (bicyclic) bond motifs is 1. The number of rotatable bonds is 5.